The lowest BCUT2D eigenvalue weighted by molar-refractivity contribution is -0.270. The van der Waals surface area contributed by atoms with Crippen LogP contribution in [0.5, 0.6) is 5.75 Å². The quantitative estimate of drug-likeness (QED) is 0.305. The molecule has 0 aliphatic heterocycles. The predicted octanol–water partition coefficient (Wildman–Crippen LogP) is 0.319. The largest absolute Gasteiger partial charge is 0.872 e. The number of primary amides is 1. The maximum atomic E-state index is 13.7. The molecule has 36 heavy (non-hydrogen) atoms. The number of Topliss-reactive ketones (excluding diaryl/α,β-unsaturated/α-hetero) is 2. The molecule has 1 aromatic carbocycles. The van der Waals surface area contributed by atoms with Gasteiger partial charge in [-0.05, 0) is 28.5 Å². The van der Waals surface area contributed by atoms with Crippen molar-refractivity contribution < 1.29 is 49.8 Å². The predicted molar refractivity (Wildman–Crippen MR) is 121 cm³/mol. The number of aliphatic hydroxyl groups is 4. The molecule has 0 spiro atoms. The van der Waals surface area contributed by atoms with Crippen molar-refractivity contribution in [2.24, 2.45) is 17.6 Å². The number of carbonyl (C=O) groups is 4. The van der Waals surface area contributed by atoms with Gasteiger partial charge in [-0.2, -0.15) is 0 Å². The molecule has 1 saturated carbocycles. The van der Waals surface area contributed by atoms with E-state index in [0.717, 1.165) is 0 Å². The highest BCUT2D eigenvalue weighted by Gasteiger charge is 2.65. The van der Waals surface area contributed by atoms with Crippen LogP contribution >= 0.6 is 0 Å². The van der Waals surface area contributed by atoms with E-state index in [9.17, 15) is 49.8 Å². The zero-order valence-electron chi connectivity index (χ0n) is 19.9. The van der Waals surface area contributed by atoms with E-state index in [-0.39, 0.29) is 16.7 Å². The Morgan fingerprint density at radius 3 is 2.28 bits per heavy atom. The van der Waals surface area contributed by atoms with Gasteiger partial charge in [-0.3, -0.25) is 14.4 Å². The number of ketones is 2. The molecule has 11 heteroatoms. The zero-order chi connectivity index (χ0) is 27.2. The molecule has 4 rings (SSSR count). The van der Waals surface area contributed by atoms with E-state index >= 15 is 0 Å². The lowest BCUT2D eigenvalue weighted by Crippen LogP contribution is -2.64. The van der Waals surface area contributed by atoms with E-state index in [4.69, 9.17) is 5.73 Å². The van der Waals surface area contributed by atoms with Crippen molar-refractivity contribution in [3.05, 3.63) is 45.2 Å². The molecule has 7 N–H and O–H groups in total. The third kappa shape index (κ3) is 3.05. The zero-order valence-corrected chi connectivity index (χ0v) is 19.9. The summed E-state index contributed by atoms with van der Waals surface area (Å²) < 4.78 is 0. The summed E-state index contributed by atoms with van der Waals surface area (Å²) in [6, 6.07) is 1.21. The molecule has 3 aliphatic carbocycles. The van der Waals surface area contributed by atoms with Crippen molar-refractivity contribution >= 4 is 29.2 Å². The summed E-state index contributed by atoms with van der Waals surface area (Å²) in [4.78, 5) is 50.1. The fourth-order valence-corrected chi connectivity index (χ4v) is 5.87. The van der Waals surface area contributed by atoms with Crippen molar-refractivity contribution in [2.45, 2.75) is 57.2 Å². The molecular weight excluding hydrogens is 474 g/mol. The number of carboxylic acids is 1. The number of nitrogens with two attached hydrogens (primary N) is 1. The summed E-state index contributed by atoms with van der Waals surface area (Å²) in [5.74, 6) is -12.1. The number of rotatable bonds is 2. The first-order valence-electron chi connectivity index (χ1n) is 11.2. The Morgan fingerprint density at radius 2 is 1.78 bits per heavy atom. The molecule has 3 aliphatic rings. The Morgan fingerprint density at radius 1 is 1.19 bits per heavy atom. The number of aromatic carboxylic acids is 1. The van der Waals surface area contributed by atoms with Crippen LogP contribution < -0.4 is 10.8 Å². The van der Waals surface area contributed by atoms with Crippen LogP contribution in [-0.2, 0) is 19.8 Å². The minimum absolute atomic E-state index is 0.0545. The van der Waals surface area contributed by atoms with Gasteiger partial charge in [0.15, 0.2) is 11.4 Å². The van der Waals surface area contributed by atoms with Gasteiger partial charge in [-0.25, -0.2) is 4.79 Å². The first-order valence-corrected chi connectivity index (χ1v) is 11.2. The highest BCUT2D eigenvalue weighted by atomic mass is 16.4. The minimum atomic E-state index is -2.98. The molecule has 11 nitrogen and oxygen atoms in total. The summed E-state index contributed by atoms with van der Waals surface area (Å²) in [5, 5.41) is 67.9. The number of carboxylic acid groups (broad SMARTS) is 1. The summed E-state index contributed by atoms with van der Waals surface area (Å²) in [7, 11) is 0. The molecular formula is C25H26NO10-. The molecule has 0 bridgehead atoms. The SMILES string of the molecule is C[C@H]1c2c(C(=O)O)cc(C(C)(C)C)c([O-])c2C(O)=C2C(=O)[C@]3(O)C(O)=C(C(N)=O)C(=O)C[C@@H]3[C@@H](O)[C@@H]21. The standard InChI is InChI=1S/C25H27NO10/c1-7-12-8(23(34)35)5-9(24(2,3)4)17(28)15(12)19(30)16-13(7)18(29)10-6-11(27)14(22(26)33)20(31)25(10,36)21(16)32/h5,7,10,13,18,28-31,36H,6H2,1-4H3,(H2,26,33)(H,34,35)/p-1/t7-,10+,13+,18+,25+/m0/s1. The van der Waals surface area contributed by atoms with Gasteiger partial charge in [0, 0.05) is 29.4 Å². The van der Waals surface area contributed by atoms with Crippen LogP contribution in [-0.4, -0.2) is 60.7 Å². The molecule has 1 fully saturated rings. The fraction of sp³-hybridized carbons (Fsp3) is 0.440. The van der Waals surface area contributed by atoms with Gasteiger partial charge in [0.05, 0.1) is 11.7 Å². The van der Waals surface area contributed by atoms with E-state index in [1.807, 2.05) is 0 Å². The van der Waals surface area contributed by atoms with Crippen molar-refractivity contribution in [3.8, 4) is 5.75 Å². The Balaban J connectivity index is 2.10. The fourth-order valence-electron chi connectivity index (χ4n) is 5.87. The third-order valence-corrected chi connectivity index (χ3v) is 7.61. The van der Waals surface area contributed by atoms with Crippen molar-refractivity contribution in [1.82, 2.24) is 0 Å². The van der Waals surface area contributed by atoms with Gasteiger partial charge < -0.3 is 36.4 Å². The van der Waals surface area contributed by atoms with E-state index in [2.05, 4.69) is 0 Å². The first-order chi connectivity index (χ1) is 16.5. The van der Waals surface area contributed by atoms with Crippen molar-refractivity contribution in [3.63, 3.8) is 0 Å². The molecule has 0 radical (unpaired) electrons. The van der Waals surface area contributed by atoms with Gasteiger partial charge in [0.2, 0.25) is 5.78 Å². The molecule has 0 unspecified atom stereocenters. The van der Waals surface area contributed by atoms with Gasteiger partial charge in [-0.15, -0.1) is 0 Å². The van der Waals surface area contributed by atoms with Crippen LogP contribution in [0.3, 0.4) is 0 Å². The van der Waals surface area contributed by atoms with Crippen LogP contribution in [0.2, 0.25) is 0 Å². The number of benzene rings is 1. The maximum Gasteiger partial charge on any atom is 0.336 e. The second-order valence-electron chi connectivity index (χ2n) is 10.6. The molecule has 0 aromatic heterocycles. The lowest BCUT2D eigenvalue weighted by atomic mass is 9.55. The Hall–Kier alpha value is -3.70. The summed E-state index contributed by atoms with van der Waals surface area (Å²) >= 11 is 0. The number of fused-ring (bicyclic) bond motifs is 3. The van der Waals surface area contributed by atoms with Gasteiger partial charge in [-0.1, -0.05) is 33.4 Å². The molecule has 0 saturated heterocycles. The Bertz CT molecular complexity index is 1330. The van der Waals surface area contributed by atoms with E-state index < -0.39 is 98.7 Å². The monoisotopic (exact) mass is 500 g/mol. The summed E-state index contributed by atoms with van der Waals surface area (Å²) in [5.41, 5.74) is -1.06. The molecule has 192 valence electrons. The average Bonchev–Trinajstić information content (AvgIpc) is 2.75. The number of hydrogen-bond donors (Lipinski definition) is 6. The van der Waals surface area contributed by atoms with Gasteiger partial charge >= 0.3 is 5.97 Å². The minimum Gasteiger partial charge on any atom is -0.872 e. The van der Waals surface area contributed by atoms with Crippen LogP contribution in [0.15, 0.2) is 23.0 Å². The normalized spacial score (nSPS) is 30.1. The van der Waals surface area contributed by atoms with Crippen molar-refractivity contribution in [2.75, 3.05) is 0 Å². The van der Waals surface area contributed by atoms with Crippen molar-refractivity contribution in [1.29, 1.82) is 0 Å². The van der Waals surface area contributed by atoms with E-state index in [1.54, 1.807) is 20.8 Å². The molecule has 0 heterocycles. The van der Waals surface area contributed by atoms with Gasteiger partial charge in [0.25, 0.3) is 5.91 Å². The van der Waals surface area contributed by atoms with E-state index in [1.165, 1.54) is 13.0 Å². The highest BCUT2D eigenvalue weighted by molar-refractivity contribution is 6.23. The molecule has 5 atom stereocenters. The van der Waals surface area contributed by atoms with E-state index in [0.29, 0.717) is 0 Å². The number of amides is 1. The lowest BCUT2D eigenvalue weighted by Gasteiger charge is -2.51. The van der Waals surface area contributed by atoms with Crippen LogP contribution in [0.4, 0.5) is 0 Å². The topological polar surface area (TPSA) is 219 Å². The second-order valence-corrected chi connectivity index (χ2v) is 10.6. The van der Waals surface area contributed by atoms with Gasteiger partial charge in [0.1, 0.15) is 17.1 Å². The summed E-state index contributed by atoms with van der Waals surface area (Å²) in [6.07, 6.45) is -2.48. The second kappa shape index (κ2) is 7.65. The summed E-state index contributed by atoms with van der Waals surface area (Å²) in [6.45, 7) is 6.44. The number of aliphatic hydroxyl groups excluding tert-OH is 3. The number of hydrogen-bond acceptors (Lipinski definition) is 9. The molecule has 1 aromatic rings. The van der Waals surface area contributed by atoms with Crippen LogP contribution in [0.1, 0.15) is 67.1 Å². The van der Waals surface area contributed by atoms with Crippen LogP contribution in [0.25, 0.3) is 5.76 Å². The third-order valence-electron chi connectivity index (χ3n) is 7.61. The maximum absolute atomic E-state index is 13.7. The Kier molecular flexibility index (Phi) is 5.39. The Labute approximate surface area is 205 Å². The van der Waals surface area contributed by atoms with Crippen LogP contribution in [0, 0.1) is 11.8 Å². The number of carbonyl (C=O) groups excluding carboxylic acids is 3. The highest BCUT2D eigenvalue weighted by Crippen LogP contribution is 2.56. The average molecular weight is 500 g/mol. The smallest absolute Gasteiger partial charge is 0.336 e. The molecule has 1 amide bonds. The first kappa shape index (κ1) is 25.4.